The van der Waals surface area contributed by atoms with E-state index < -0.39 is 61.7 Å². The summed E-state index contributed by atoms with van der Waals surface area (Å²) in [5.41, 5.74) is 0.503. The number of ether oxygens (including phenoxy) is 3. The minimum atomic E-state index is -1.69. The maximum atomic E-state index is 13.2. The number of aliphatic hydroxyl groups excluding tert-OH is 5. The van der Waals surface area contributed by atoms with Crippen LogP contribution in [0.3, 0.4) is 0 Å². The minimum Gasteiger partial charge on any atom is -0.446 e. The van der Waals surface area contributed by atoms with Gasteiger partial charge in [-0.1, -0.05) is 250 Å². The summed E-state index contributed by atoms with van der Waals surface area (Å²) < 4.78 is 16.9. The number of hydrogen-bond donors (Lipinski definition) is 7. The van der Waals surface area contributed by atoms with E-state index in [1.165, 1.54) is 173 Å². The van der Waals surface area contributed by atoms with Crippen molar-refractivity contribution in [3.8, 4) is 0 Å². The van der Waals surface area contributed by atoms with Gasteiger partial charge in [0.2, 0.25) is 5.91 Å². The average molecular weight is 977 g/mol. The van der Waals surface area contributed by atoms with Gasteiger partial charge in [-0.15, -0.1) is 0 Å². The van der Waals surface area contributed by atoms with E-state index in [2.05, 4.69) is 24.5 Å². The van der Waals surface area contributed by atoms with E-state index >= 15 is 0 Å². The highest BCUT2D eigenvalue weighted by molar-refractivity contribution is 5.84. The Morgan fingerprint density at radius 1 is 0.551 bits per heavy atom. The average Bonchev–Trinajstić information content (AvgIpc) is 3.35. The lowest BCUT2D eigenvalue weighted by atomic mass is 9.98. The molecule has 0 radical (unpaired) electrons. The third-order valence-electron chi connectivity index (χ3n) is 14.0. The molecule has 2 rings (SSSR count). The summed E-state index contributed by atoms with van der Waals surface area (Å²) in [6.45, 7) is 3.71. The number of carbonyl (C=O) groups is 2. The van der Waals surface area contributed by atoms with Crippen molar-refractivity contribution in [1.29, 1.82) is 0 Å². The molecule has 1 fully saturated rings. The van der Waals surface area contributed by atoms with Crippen LogP contribution < -0.4 is 10.6 Å². The lowest BCUT2D eigenvalue weighted by molar-refractivity contribution is -0.302. The van der Waals surface area contributed by atoms with Crippen LogP contribution in [0.2, 0.25) is 0 Å². The predicted molar refractivity (Wildman–Crippen MR) is 280 cm³/mol. The molecule has 0 aromatic heterocycles. The third-order valence-corrected chi connectivity index (χ3v) is 14.0. The van der Waals surface area contributed by atoms with E-state index in [-0.39, 0.29) is 18.9 Å². The lowest BCUT2D eigenvalue weighted by Gasteiger charge is -2.40. The fourth-order valence-corrected chi connectivity index (χ4v) is 9.43. The van der Waals surface area contributed by atoms with Crippen molar-refractivity contribution in [2.24, 2.45) is 0 Å². The molecule has 0 saturated carbocycles. The van der Waals surface area contributed by atoms with Crippen molar-refractivity contribution >= 4 is 17.7 Å². The van der Waals surface area contributed by atoms with Gasteiger partial charge in [-0.25, -0.2) is 4.79 Å². The molecule has 7 N–H and O–H groups in total. The van der Waals surface area contributed by atoms with Crippen LogP contribution in [0.25, 0.3) is 0 Å². The SMILES string of the molecule is CCCCCCCCCCCCCCCCCCCCCCCCCC(=O)NC(CO[C@H]1O[C@H](COC(=O)Nc2ccccc2)[C@H](O)[C@H](O)[C@H]1O)C(O)C(O)CCCCCCCCCCCCCC. The first-order valence-electron chi connectivity index (χ1n) is 28.6. The number of hydrogen-bond acceptors (Lipinski definition) is 10. The molecule has 69 heavy (non-hydrogen) atoms. The third kappa shape index (κ3) is 32.4. The molecule has 12 heteroatoms. The molecule has 0 aliphatic carbocycles. The summed E-state index contributed by atoms with van der Waals surface area (Å²) in [7, 11) is 0. The van der Waals surface area contributed by atoms with Crippen LogP contribution in [0.1, 0.15) is 251 Å². The summed E-state index contributed by atoms with van der Waals surface area (Å²) >= 11 is 0. The molecule has 12 nitrogen and oxygen atoms in total. The number of nitrogens with one attached hydrogen (secondary N) is 2. The van der Waals surface area contributed by atoms with Crippen molar-refractivity contribution in [3.05, 3.63) is 30.3 Å². The first kappa shape index (κ1) is 62.8. The number of aliphatic hydroxyl groups is 5. The number of carbonyl (C=O) groups excluding carboxylic acids is 2. The van der Waals surface area contributed by atoms with Crippen LogP contribution in [0, 0.1) is 0 Å². The standard InChI is InChI=1S/C57H104N2O10/c1-3-5-7-9-11-13-15-17-18-19-20-21-22-23-24-25-26-27-29-31-33-35-40-44-51(61)59-48(52(62)49(60)43-39-34-32-30-28-16-14-12-10-8-6-4-2)45-67-56-55(65)54(64)53(63)50(69-56)46-68-57(66)58-47-41-37-36-38-42-47/h36-38,41-42,48-50,52-56,60,62-65H,3-35,39-40,43-46H2,1-2H3,(H,58,66)(H,59,61)/t48?,49?,50-,52?,53+,54+,55-,56+/m1/s1. The summed E-state index contributed by atoms with van der Waals surface area (Å²) in [4.78, 5) is 25.7. The molecule has 1 aromatic carbocycles. The van der Waals surface area contributed by atoms with Gasteiger partial charge in [-0.2, -0.15) is 0 Å². The van der Waals surface area contributed by atoms with Crippen LogP contribution >= 0.6 is 0 Å². The Balaban J connectivity index is 1.71. The molecule has 8 atom stereocenters. The van der Waals surface area contributed by atoms with Gasteiger partial charge in [0.05, 0.1) is 18.8 Å². The van der Waals surface area contributed by atoms with Crippen molar-refractivity contribution in [2.75, 3.05) is 18.5 Å². The highest BCUT2D eigenvalue weighted by atomic mass is 16.7. The van der Waals surface area contributed by atoms with Gasteiger partial charge in [-0.3, -0.25) is 10.1 Å². The fraction of sp³-hybridized carbons (Fsp3) is 0.860. The zero-order valence-electron chi connectivity index (χ0n) is 43.9. The van der Waals surface area contributed by atoms with E-state index in [4.69, 9.17) is 14.2 Å². The topological polar surface area (TPSA) is 187 Å². The highest BCUT2D eigenvalue weighted by Crippen LogP contribution is 2.24. The molecule has 0 bridgehead atoms. The second kappa shape index (κ2) is 43.3. The Morgan fingerprint density at radius 3 is 1.39 bits per heavy atom. The van der Waals surface area contributed by atoms with E-state index in [9.17, 15) is 35.1 Å². The fourth-order valence-electron chi connectivity index (χ4n) is 9.43. The van der Waals surface area contributed by atoms with Gasteiger partial charge in [-0.05, 0) is 25.0 Å². The zero-order valence-corrected chi connectivity index (χ0v) is 43.9. The Bertz CT molecular complexity index is 1330. The molecular formula is C57H104N2O10. The summed E-state index contributed by atoms with van der Waals surface area (Å²) in [6, 6.07) is 7.62. The monoisotopic (exact) mass is 977 g/mol. The Morgan fingerprint density at radius 2 is 0.957 bits per heavy atom. The molecule has 0 spiro atoms. The number of amides is 2. The minimum absolute atomic E-state index is 0.259. The van der Waals surface area contributed by atoms with Crippen LogP contribution in [-0.4, -0.2) is 99.7 Å². The van der Waals surface area contributed by atoms with Crippen molar-refractivity contribution < 1.29 is 49.3 Å². The number of benzene rings is 1. The largest absolute Gasteiger partial charge is 0.446 e. The van der Waals surface area contributed by atoms with Gasteiger partial charge >= 0.3 is 6.09 Å². The van der Waals surface area contributed by atoms with Crippen molar-refractivity contribution in [3.63, 3.8) is 0 Å². The van der Waals surface area contributed by atoms with Gasteiger partial charge in [0.15, 0.2) is 6.29 Å². The number of unbranched alkanes of at least 4 members (excludes halogenated alkanes) is 33. The zero-order chi connectivity index (χ0) is 50.0. The van der Waals surface area contributed by atoms with Gasteiger partial charge < -0.3 is 45.1 Å². The maximum absolute atomic E-state index is 13.2. The maximum Gasteiger partial charge on any atom is 0.411 e. The highest BCUT2D eigenvalue weighted by Gasteiger charge is 2.45. The van der Waals surface area contributed by atoms with E-state index in [1.54, 1.807) is 30.3 Å². The van der Waals surface area contributed by atoms with Gasteiger partial charge in [0, 0.05) is 12.1 Å². The van der Waals surface area contributed by atoms with E-state index in [0.717, 1.165) is 44.9 Å². The number of rotatable bonds is 46. The predicted octanol–water partition coefficient (Wildman–Crippen LogP) is 12.7. The lowest BCUT2D eigenvalue weighted by Crippen LogP contribution is -2.60. The molecule has 1 aliphatic rings. The normalized spacial score (nSPS) is 19.6. The first-order chi connectivity index (χ1) is 33.7. The molecule has 1 heterocycles. The molecule has 1 aliphatic heterocycles. The van der Waals surface area contributed by atoms with Crippen LogP contribution in [-0.2, 0) is 19.0 Å². The number of anilines is 1. The van der Waals surface area contributed by atoms with E-state index in [0.29, 0.717) is 18.5 Å². The summed E-state index contributed by atoms with van der Waals surface area (Å²) in [5.74, 6) is -0.278. The first-order valence-corrected chi connectivity index (χ1v) is 28.6. The van der Waals surface area contributed by atoms with Gasteiger partial charge in [0.25, 0.3) is 0 Å². The Labute approximate surface area is 420 Å². The Hall–Kier alpha value is -2.32. The second-order valence-electron chi connectivity index (χ2n) is 20.4. The van der Waals surface area contributed by atoms with Crippen LogP contribution in [0.15, 0.2) is 30.3 Å². The Kier molecular flexibility index (Phi) is 39.4. The van der Waals surface area contributed by atoms with Crippen molar-refractivity contribution in [2.45, 2.75) is 300 Å². The summed E-state index contributed by atoms with van der Waals surface area (Å²) in [5, 5.41) is 60.0. The number of para-hydroxylation sites is 1. The molecule has 3 unspecified atom stereocenters. The molecule has 402 valence electrons. The molecule has 2 amide bonds. The smallest absolute Gasteiger partial charge is 0.411 e. The second-order valence-corrected chi connectivity index (χ2v) is 20.4. The van der Waals surface area contributed by atoms with E-state index in [1.807, 2.05) is 0 Å². The molecule has 1 saturated heterocycles. The molecule has 1 aromatic rings. The van der Waals surface area contributed by atoms with Crippen LogP contribution in [0.5, 0.6) is 0 Å². The van der Waals surface area contributed by atoms with Crippen LogP contribution in [0.4, 0.5) is 10.5 Å². The molecular weight excluding hydrogens is 873 g/mol. The van der Waals surface area contributed by atoms with Crippen molar-refractivity contribution in [1.82, 2.24) is 5.32 Å². The quantitative estimate of drug-likeness (QED) is 0.0310. The van der Waals surface area contributed by atoms with Gasteiger partial charge in [0.1, 0.15) is 37.1 Å². The summed E-state index contributed by atoms with van der Waals surface area (Å²) in [6.07, 6.45) is 33.6.